The predicted octanol–water partition coefficient (Wildman–Crippen LogP) is 3.09. The first kappa shape index (κ1) is 19.4. The Morgan fingerprint density at radius 3 is 2.72 bits per heavy atom. The van der Waals surface area contributed by atoms with Crippen LogP contribution in [0.2, 0.25) is 5.02 Å². The van der Waals surface area contributed by atoms with E-state index in [1.807, 2.05) is 24.3 Å². The molecule has 0 aliphatic carbocycles. The Morgan fingerprint density at radius 1 is 1.28 bits per heavy atom. The summed E-state index contributed by atoms with van der Waals surface area (Å²) < 4.78 is 10.6. The molecule has 7 heteroatoms. The summed E-state index contributed by atoms with van der Waals surface area (Å²) in [5.41, 5.74) is 6.06. The monoisotopic (exact) mass is 380 g/mol. The number of hydrogen-bond donors (Lipinski definition) is 2. The number of nitrogens with two attached hydrogens (primary N) is 1. The highest BCUT2D eigenvalue weighted by Gasteiger charge is 2.13. The molecule has 0 aromatic heterocycles. The van der Waals surface area contributed by atoms with Gasteiger partial charge in [-0.2, -0.15) is 0 Å². The van der Waals surface area contributed by atoms with E-state index >= 15 is 0 Å². The zero-order valence-electron chi connectivity index (χ0n) is 14.0. The minimum Gasteiger partial charge on any atom is -0.493 e. The highest BCUT2D eigenvalue weighted by Crippen LogP contribution is 2.36. The SMILES string of the molecule is COc1cc(CNCCSc2ccccc2)cc(Cl)c1OCC(N)=O. The molecule has 0 saturated heterocycles. The van der Waals surface area contributed by atoms with Crippen LogP contribution in [0.3, 0.4) is 0 Å². The normalized spacial score (nSPS) is 10.5. The molecule has 0 atom stereocenters. The quantitative estimate of drug-likeness (QED) is 0.489. The van der Waals surface area contributed by atoms with Gasteiger partial charge in [-0.25, -0.2) is 0 Å². The highest BCUT2D eigenvalue weighted by molar-refractivity contribution is 7.99. The summed E-state index contributed by atoms with van der Waals surface area (Å²) in [6.07, 6.45) is 0. The van der Waals surface area contributed by atoms with Crippen molar-refractivity contribution < 1.29 is 14.3 Å². The van der Waals surface area contributed by atoms with E-state index in [9.17, 15) is 4.79 Å². The summed E-state index contributed by atoms with van der Waals surface area (Å²) >= 11 is 8.03. The molecule has 2 aromatic carbocycles. The molecule has 5 nitrogen and oxygen atoms in total. The average molecular weight is 381 g/mol. The van der Waals surface area contributed by atoms with Gasteiger partial charge in [0.25, 0.3) is 5.91 Å². The number of primary amides is 1. The Balaban J connectivity index is 1.85. The van der Waals surface area contributed by atoms with Crippen LogP contribution in [-0.2, 0) is 11.3 Å². The molecule has 134 valence electrons. The minimum absolute atomic E-state index is 0.246. The number of methoxy groups -OCH3 is 1. The maximum absolute atomic E-state index is 10.9. The lowest BCUT2D eigenvalue weighted by atomic mass is 10.2. The van der Waals surface area contributed by atoms with Gasteiger partial charge in [-0.05, 0) is 29.8 Å². The molecule has 3 N–H and O–H groups in total. The Bertz CT molecular complexity index is 698. The smallest absolute Gasteiger partial charge is 0.255 e. The molecule has 0 aliphatic heterocycles. The molecule has 0 saturated carbocycles. The fraction of sp³-hybridized carbons (Fsp3) is 0.278. The van der Waals surface area contributed by atoms with Gasteiger partial charge in [0.1, 0.15) is 0 Å². The standard InChI is InChI=1S/C18H21ClN2O3S/c1-23-16-10-13(9-15(19)18(16)24-12-17(20)22)11-21-7-8-25-14-5-3-2-4-6-14/h2-6,9-10,21H,7-8,11-12H2,1H3,(H2,20,22). The highest BCUT2D eigenvalue weighted by atomic mass is 35.5. The Hall–Kier alpha value is -1.89. The van der Waals surface area contributed by atoms with Gasteiger partial charge in [0.05, 0.1) is 12.1 Å². The molecular formula is C18H21ClN2O3S. The van der Waals surface area contributed by atoms with Crippen molar-refractivity contribution in [2.45, 2.75) is 11.4 Å². The van der Waals surface area contributed by atoms with Crippen molar-refractivity contribution in [1.29, 1.82) is 0 Å². The van der Waals surface area contributed by atoms with E-state index in [0.717, 1.165) is 17.9 Å². The maximum atomic E-state index is 10.9. The van der Waals surface area contributed by atoms with Crippen LogP contribution in [0.4, 0.5) is 0 Å². The first-order chi connectivity index (χ1) is 12.1. The van der Waals surface area contributed by atoms with Gasteiger partial charge in [0.15, 0.2) is 18.1 Å². The summed E-state index contributed by atoms with van der Waals surface area (Å²) in [5, 5.41) is 3.76. The number of thioether (sulfide) groups is 1. The van der Waals surface area contributed by atoms with Crippen LogP contribution in [-0.4, -0.2) is 31.9 Å². The van der Waals surface area contributed by atoms with Crippen molar-refractivity contribution in [2.75, 3.05) is 26.0 Å². The van der Waals surface area contributed by atoms with Gasteiger partial charge in [-0.15, -0.1) is 11.8 Å². The Labute approximate surface area is 156 Å². The third kappa shape index (κ3) is 6.49. The van der Waals surface area contributed by atoms with Crippen LogP contribution in [0.1, 0.15) is 5.56 Å². The molecule has 1 amide bonds. The van der Waals surface area contributed by atoms with Crippen LogP contribution in [0, 0.1) is 0 Å². The lowest BCUT2D eigenvalue weighted by Gasteiger charge is -2.13. The minimum atomic E-state index is -0.570. The number of amides is 1. The summed E-state index contributed by atoms with van der Waals surface area (Å²) in [6.45, 7) is 1.27. The number of rotatable bonds is 10. The summed E-state index contributed by atoms with van der Waals surface area (Å²) in [5.74, 6) is 1.20. The number of benzene rings is 2. The van der Waals surface area contributed by atoms with E-state index in [-0.39, 0.29) is 6.61 Å². The number of carbonyl (C=O) groups excluding carboxylic acids is 1. The van der Waals surface area contributed by atoms with Crippen molar-refractivity contribution in [2.24, 2.45) is 5.73 Å². The summed E-state index contributed by atoms with van der Waals surface area (Å²) in [4.78, 5) is 12.1. The van der Waals surface area contributed by atoms with Crippen LogP contribution in [0.25, 0.3) is 0 Å². The van der Waals surface area contributed by atoms with Crippen molar-refractivity contribution >= 4 is 29.3 Å². The Morgan fingerprint density at radius 2 is 2.04 bits per heavy atom. The first-order valence-corrected chi connectivity index (χ1v) is 9.12. The molecule has 0 aliphatic rings. The van der Waals surface area contributed by atoms with Crippen molar-refractivity contribution in [3.8, 4) is 11.5 Å². The average Bonchev–Trinajstić information content (AvgIpc) is 2.60. The van der Waals surface area contributed by atoms with Gasteiger partial charge in [-0.3, -0.25) is 4.79 Å². The third-order valence-corrected chi connectivity index (χ3v) is 4.56. The van der Waals surface area contributed by atoms with Crippen LogP contribution < -0.4 is 20.5 Å². The van der Waals surface area contributed by atoms with Gasteiger partial charge in [0, 0.05) is 23.7 Å². The third-order valence-electron chi connectivity index (χ3n) is 3.27. The second kappa shape index (κ2) is 10.2. The predicted molar refractivity (Wildman–Crippen MR) is 102 cm³/mol. The van der Waals surface area contributed by atoms with Crippen molar-refractivity contribution in [3.63, 3.8) is 0 Å². The number of hydrogen-bond acceptors (Lipinski definition) is 5. The first-order valence-electron chi connectivity index (χ1n) is 7.76. The van der Waals surface area contributed by atoms with E-state index in [4.69, 9.17) is 26.8 Å². The van der Waals surface area contributed by atoms with Crippen molar-refractivity contribution in [1.82, 2.24) is 5.32 Å². The molecule has 0 radical (unpaired) electrons. The largest absolute Gasteiger partial charge is 0.493 e. The van der Waals surface area contributed by atoms with Gasteiger partial charge in [0.2, 0.25) is 0 Å². The van der Waals surface area contributed by atoms with Crippen LogP contribution in [0.5, 0.6) is 11.5 Å². The van der Waals surface area contributed by atoms with Gasteiger partial charge in [-0.1, -0.05) is 29.8 Å². The maximum Gasteiger partial charge on any atom is 0.255 e. The number of carbonyl (C=O) groups is 1. The molecule has 0 fully saturated rings. The van der Waals surface area contributed by atoms with Crippen molar-refractivity contribution in [3.05, 3.63) is 53.1 Å². The number of nitrogens with one attached hydrogen (secondary N) is 1. The molecular weight excluding hydrogens is 360 g/mol. The lowest BCUT2D eigenvalue weighted by Crippen LogP contribution is -2.20. The topological polar surface area (TPSA) is 73.6 Å². The molecule has 0 unspecified atom stereocenters. The van der Waals surface area contributed by atoms with E-state index in [1.54, 1.807) is 17.8 Å². The van der Waals surface area contributed by atoms with Crippen LogP contribution in [0.15, 0.2) is 47.4 Å². The number of halogens is 1. The fourth-order valence-corrected chi connectivity index (χ4v) is 3.27. The summed E-state index contributed by atoms with van der Waals surface area (Å²) in [7, 11) is 1.52. The zero-order valence-corrected chi connectivity index (χ0v) is 15.5. The summed E-state index contributed by atoms with van der Waals surface area (Å²) in [6, 6.07) is 13.9. The van der Waals surface area contributed by atoms with Gasteiger partial charge >= 0.3 is 0 Å². The van der Waals surface area contributed by atoms with E-state index in [2.05, 4.69) is 17.4 Å². The fourth-order valence-electron chi connectivity index (χ4n) is 2.15. The Kier molecular flexibility index (Phi) is 7.91. The van der Waals surface area contributed by atoms with Crippen LogP contribution >= 0.6 is 23.4 Å². The van der Waals surface area contributed by atoms with E-state index in [0.29, 0.717) is 23.1 Å². The second-order valence-electron chi connectivity index (χ2n) is 5.20. The molecule has 0 bridgehead atoms. The molecule has 25 heavy (non-hydrogen) atoms. The lowest BCUT2D eigenvalue weighted by molar-refractivity contribution is -0.119. The van der Waals surface area contributed by atoms with E-state index in [1.165, 1.54) is 12.0 Å². The number of ether oxygens (including phenoxy) is 2. The molecule has 2 aromatic rings. The molecule has 0 spiro atoms. The van der Waals surface area contributed by atoms with E-state index < -0.39 is 5.91 Å². The van der Waals surface area contributed by atoms with Gasteiger partial charge < -0.3 is 20.5 Å². The second-order valence-corrected chi connectivity index (χ2v) is 6.78. The molecule has 2 rings (SSSR count). The zero-order chi connectivity index (χ0) is 18.1. The molecule has 0 heterocycles.